The van der Waals surface area contributed by atoms with Crippen LogP contribution in [0.25, 0.3) is 5.65 Å². The lowest BCUT2D eigenvalue weighted by molar-refractivity contribution is -0.127. The van der Waals surface area contributed by atoms with Crippen LogP contribution in [-0.2, 0) is 11.2 Å². The average Bonchev–Trinajstić information content (AvgIpc) is 2.81. The van der Waals surface area contributed by atoms with Gasteiger partial charge in [0.2, 0.25) is 0 Å². The molecule has 0 bridgehead atoms. The van der Waals surface area contributed by atoms with Crippen molar-refractivity contribution in [2.75, 3.05) is 23.9 Å². The summed E-state index contributed by atoms with van der Waals surface area (Å²) in [6, 6.07) is 5.73. The Kier molecular flexibility index (Phi) is 5.27. The molecule has 2 aromatic heterocycles. The number of amides is 1. The highest BCUT2D eigenvalue weighted by atomic mass is 79.9. The van der Waals surface area contributed by atoms with Crippen LogP contribution in [0.5, 0.6) is 0 Å². The number of carbonyl (C=O) groups is 1. The van der Waals surface area contributed by atoms with Gasteiger partial charge in [-0.15, -0.1) is 0 Å². The van der Waals surface area contributed by atoms with Crippen LogP contribution in [0.15, 0.2) is 22.8 Å². The molecule has 0 spiro atoms. The van der Waals surface area contributed by atoms with E-state index in [1.807, 2.05) is 28.9 Å². The molecular formula is C12H15BrN4O2S. The summed E-state index contributed by atoms with van der Waals surface area (Å²) >= 11 is 5.22. The van der Waals surface area contributed by atoms with Crippen molar-refractivity contribution in [1.29, 1.82) is 0 Å². The third-order valence-electron chi connectivity index (χ3n) is 2.75. The van der Waals surface area contributed by atoms with E-state index >= 15 is 0 Å². The first-order valence-electron chi connectivity index (χ1n) is 5.99. The number of halogens is 1. The van der Waals surface area contributed by atoms with Crippen molar-refractivity contribution < 1.29 is 10.0 Å². The van der Waals surface area contributed by atoms with Gasteiger partial charge in [-0.25, -0.2) is 10.5 Å². The minimum Gasteiger partial charge on any atom is -0.360 e. The number of thioether (sulfide) groups is 1. The van der Waals surface area contributed by atoms with Crippen LogP contribution in [0.2, 0.25) is 0 Å². The number of rotatable bonds is 6. The van der Waals surface area contributed by atoms with Gasteiger partial charge >= 0.3 is 0 Å². The summed E-state index contributed by atoms with van der Waals surface area (Å²) in [6.07, 6.45) is 2.84. The Labute approximate surface area is 129 Å². The lowest BCUT2D eigenvalue weighted by atomic mass is 10.3. The molecule has 0 saturated carbocycles. The van der Waals surface area contributed by atoms with E-state index in [1.165, 1.54) is 0 Å². The van der Waals surface area contributed by atoms with E-state index in [9.17, 15) is 4.79 Å². The van der Waals surface area contributed by atoms with Crippen molar-refractivity contribution >= 4 is 45.1 Å². The molecule has 6 nitrogen and oxygen atoms in total. The summed E-state index contributed by atoms with van der Waals surface area (Å²) in [5.41, 5.74) is 3.31. The zero-order valence-electron chi connectivity index (χ0n) is 10.9. The molecule has 2 rings (SSSR count). The van der Waals surface area contributed by atoms with Gasteiger partial charge in [-0.1, -0.05) is 6.07 Å². The summed E-state index contributed by atoms with van der Waals surface area (Å²) in [6.45, 7) is -0.0160. The zero-order chi connectivity index (χ0) is 14.5. The highest BCUT2D eigenvalue weighted by Gasteiger charge is 2.14. The Bertz CT molecular complexity index is 617. The second-order valence-electron chi connectivity index (χ2n) is 4.08. The number of nitrogens with one attached hydrogen (secondary N) is 2. The van der Waals surface area contributed by atoms with Crippen molar-refractivity contribution in [3.8, 4) is 0 Å². The van der Waals surface area contributed by atoms with Crippen LogP contribution in [0.3, 0.4) is 0 Å². The number of hydroxylamine groups is 1. The number of anilines is 1. The molecule has 3 N–H and O–H groups in total. The Hall–Kier alpha value is -1.25. The second-order valence-corrected chi connectivity index (χ2v) is 5.88. The molecule has 0 atom stereocenters. The van der Waals surface area contributed by atoms with Gasteiger partial charge in [-0.3, -0.25) is 14.4 Å². The smallest absolute Gasteiger partial charge is 0.262 e. The van der Waals surface area contributed by atoms with Crippen LogP contribution >= 0.6 is 27.7 Å². The SMILES string of the molecule is CSCCc1nc2cccc(Br)n2c1NCC(=O)NO. The predicted octanol–water partition coefficient (Wildman–Crippen LogP) is 1.92. The maximum absolute atomic E-state index is 11.2. The number of imidazole rings is 1. The summed E-state index contributed by atoms with van der Waals surface area (Å²) in [5, 5.41) is 11.6. The van der Waals surface area contributed by atoms with E-state index in [1.54, 1.807) is 17.2 Å². The number of pyridine rings is 1. The Morgan fingerprint density at radius 1 is 1.55 bits per heavy atom. The van der Waals surface area contributed by atoms with Gasteiger partial charge in [-0.05, 0) is 40.1 Å². The van der Waals surface area contributed by atoms with Crippen LogP contribution < -0.4 is 10.8 Å². The highest BCUT2D eigenvalue weighted by Crippen LogP contribution is 2.24. The number of nitrogens with zero attached hydrogens (tertiary/aromatic N) is 2. The number of aromatic nitrogens is 2. The van der Waals surface area contributed by atoms with Crippen LogP contribution in [0.1, 0.15) is 5.69 Å². The van der Waals surface area contributed by atoms with Crippen LogP contribution in [-0.4, -0.2) is 39.1 Å². The fourth-order valence-electron chi connectivity index (χ4n) is 1.86. The Morgan fingerprint density at radius 3 is 3.05 bits per heavy atom. The third-order valence-corrected chi connectivity index (χ3v) is 3.98. The van der Waals surface area contributed by atoms with Gasteiger partial charge in [0.25, 0.3) is 5.91 Å². The Balaban J connectivity index is 2.37. The summed E-state index contributed by atoms with van der Waals surface area (Å²) in [5.74, 6) is 1.22. The van der Waals surface area contributed by atoms with E-state index in [4.69, 9.17) is 5.21 Å². The number of carbonyl (C=O) groups excluding carboxylic acids is 1. The highest BCUT2D eigenvalue weighted by molar-refractivity contribution is 9.10. The van der Waals surface area contributed by atoms with Crippen LogP contribution in [0, 0.1) is 0 Å². The first-order chi connectivity index (χ1) is 9.67. The van der Waals surface area contributed by atoms with Crippen molar-refractivity contribution in [1.82, 2.24) is 14.9 Å². The minimum atomic E-state index is -0.497. The molecule has 8 heteroatoms. The standard InChI is InChI=1S/C12H15BrN4O2S/c1-20-6-5-8-12(14-7-11(18)16-19)17-9(13)3-2-4-10(17)15-8/h2-4,14,19H,5-7H2,1H3,(H,16,18). The number of aryl methyl sites for hydroxylation is 1. The third kappa shape index (κ3) is 3.25. The quantitative estimate of drug-likeness (QED) is 0.417. The van der Waals surface area contributed by atoms with E-state index in [0.717, 1.165) is 33.9 Å². The van der Waals surface area contributed by atoms with Crippen molar-refractivity contribution in [3.63, 3.8) is 0 Å². The van der Waals surface area contributed by atoms with Gasteiger partial charge in [0.1, 0.15) is 11.5 Å². The van der Waals surface area contributed by atoms with Crippen molar-refractivity contribution in [2.45, 2.75) is 6.42 Å². The van der Waals surface area contributed by atoms with Crippen molar-refractivity contribution in [2.24, 2.45) is 0 Å². The van der Waals surface area contributed by atoms with Gasteiger partial charge in [-0.2, -0.15) is 11.8 Å². The molecular weight excluding hydrogens is 344 g/mol. The first-order valence-corrected chi connectivity index (χ1v) is 8.17. The average molecular weight is 359 g/mol. The molecule has 2 heterocycles. The lowest BCUT2D eigenvalue weighted by Crippen LogP contribution is -2.27. The van der Waals surface area contributed by atoms with Crippen LogP contribution in [0.4, 0.5) is 5.82 Å². The minimum absolute atomic E-state index is 0.0160. The summed E-state index contributed by atoms with van der Waals surface area (Å²) < 4.78 is 2.75. The van der Waals surface area contributed by atoms with E-state index in [2.05, 4.69) is 26.2 Å². The van der Waals surface area contributed by atoms with Gasteiger partial charge < -0.3 is 5.32 Å². The molecule has 2 aromatic rings. The largest absolute Gasteiger partial charge is 0.360 e. The molecule has 108 valence electrons. The molecule has 0 saturated heterocycles. The van der Waals surface area contributed by atoms with E-state index in [-0.39, 0.29) is 6.54 Å². The topological polar surface area (TPSA) is 78.7 Å². The number of hydrogen-bond donors (Lipinski definition) is 3. The maximum atomic E-state index is 11.2. The Morgan fingerprint density at radius 2 is 2.35 bits per heavy atom. The molecule has 0 aromatic carbocycles. The molecule has 1 amide bonds. The van der Waals surface area contributed by atoms with E-state index in [0.29, 0.717) is 0 Å². The number of hydrogen-bond acceptors (Lipinski definition) is 5. The predicted molar refractivity (Wildman–Crippen MR) is 83.4 cm³/mol. The molecule has 0 aliphatic heterocycles. The molecule has 0 unspecified atom stereocenters. The summed E-state index contributed by atoms with van der Waals surface area (Å²) in [4.78, 5) is 15.8. The fraction of sp³-hybridized carbons (Fsp3) is 0.333. The fourth-order valence-corrected chi connectivity index (χ4v) is 2.77. The monoisotopic (exact) mass is 358 g/mol. The maximum Gasteiger partial charge on any atom is 0.262 e. The first kappa shape index (κ1) is 15.1. The number of fused-ring (bicyclic) bond motifs is 1. The lowest BCUT2D eigenvalue weighted by Gasteiger charge is -2.08. The summed E-state index contributed by atoms with van der Waals surface area (Å²) in [7, 11) is 0. The van der Waals surface area contributed by atoms with Gasteiger partial charge in [0.15, 0.2) is 0 Å². The molecule has 0 aliphatic carbocycles. The second kappa shape index (κ2) is 6.96. The van der Waals surface area contributed by atoms with Gasteiger partial charge in [0.05, 0.1) is 16.8 Å². The van der Waals surface area contributed by atoms with Crippen molar-refractivity contribution in [3.05, 3.63) is 28.5 Å². The molecule has 0 fully saturated rings. The molecule has 0 aliphatic rings. The molecule has 0 radical (unpaired) electrons. The van der Waals surface area contributed by atoms with E-state index < -0.39 is 5.91 Å². The normalized spacial score (nSPS) is 10.8. The van der Waals surface area contributed by atoms with Gasteiger partial charge in [0, 0.05) is 6.42 Å². The molecule has 20 heavy (non-hydrogen) atoms. The zero-order valence-corrected chi connectivity index (χ0v) is 13.3.